The molecule has 1 N–H and O–H groups in total. The Bertz CT molecular complexity index is 357. The molecule has 1 aromatic carbocycles. The highest BCUT2D eigenvalue weighted by Gasteiger charge is 2.06. The van der Waals surface area contributed by atoms with Gasteiger partial charge in [0.25, 0.3) is 0 Å². The van der Waals surface area contributed by atoms with Gasteiger partial charge in [-0.3, -0.25) is 4.99 Å². The van der Waals surface area contributed by atoms with Gasteiger partial charge in [0.15, 0.2) is 0 Å². The third-order valence-electron chi connectivity index (χ3n) is 2.60. The lowest BCUT2D eigenvalue weighted by Crippen LogP contribution is -2.30. The normalized spacial score (nSPS) is 15.4. The van der Waals surface area contributed by atoms with Crippen LogP contribution in [0.25, 0.3) is 0 Å². The van der Waals surface area contributed by atoms with E-state index in [1.807, 2.05) is 6.92 Å². The van der Waals surface area contributed by atoms with Crippen LogP contribution in [0.3, 0.4) is 0 Å². The van der Waals surface area contributed by atoms with E-state index in [1.165, 1.54) is 11.1 Å². The Balaban J connectivity index is 2.03. The van der Waals surface area contributed by atoms with Crippen LogP contribution in [0.2, 0.25) is 0 Å². The third kappa shape index (κ3) is 2.83. The van der Waals surface area contributed by atoms with Crippen LogP contribution in [0.1, 0.15) is 24.5 Å². The second kappa shape index (κ2) is 5.66. The maximum atomic E-state index is 5.36. The molecule has 1 aliphatic rings. The highest BCUT2D eigenvalue weighted by Crippen LogP contribution is 2.07. The van der Waals surface area contributed by atoms with E-state index in [-0.39, 0.29) is 0 Å². The van der Waals surface area contributed by atoms with Gasteiger partial charge >= 0.3 is 0 Å². The Kier molecular flexibility index (Phi) is 3.94. The van der Waals surface area contributed by atoms with Crippen LogP contribution < -0.4 is 5.32 Å². The molecular weight excluding hydrogens is 200 g/mol. The summed E-state index contributed by atoms with van der Waals surface area (Å²) >= 11 is 0. The van der Waals surface area contributed by atoms with E-state index in [0.717, 1.165) is 32.0 Å². The minimum Gasteiger partial charge on any atom is -0.377 e. The van der Waals surface area contributed by atoms with Crippen LogP contribution in [0, 0.1) is 0 Å². The zero-order valence-electron chi connectivity index (χ0n) is 9.70. The van der Waals surface area contributed by atoms with Crippen LogP contribution in [0.15, 0.2) is 29.3 Å². The van der Waals surface area contributed by atoms with Crippen LogP contribution in [-0.4, -0.2) is 25.5 Å². The van der Waals surface area contributed by atoms with E-state index < -0.39 is 0 Å². The molecule has 0 bridgehead atoms. The Morgan fingerprint density at radius 3 is 2.75 bits per heavy atom. The van der Waals surface area contributed by atoms with Gasteiger partial charge in [0.1, 0.15) is 5.84 Å². The highest BCUT2D eigenvalue weighted by atomic mass is 16.5. The second-order valence-corrected chi connectivity index (χ2v) is 3.84. The predicted octanol–water partition coefficient (Wildman–Crippen LogP) is 1.96. The number of nitrogens with one attached hydrogen (secondary N) is 1. The number of rotatable bonds is 4. The first-order valence-electron chi connectivity index (χ1n) is 5.85. The summed E-state index contributed by atoms with van der Waals surface area (Å²) in [5.74, 6) is 1.02. The number of ether oxygens (including phenoxy) is 1. The Morgan fingerprint density at radius 1 is 1.31 bits per heavy atom. The fourth-order valence-corrected chi connectivity index (χ4v) is 1.70. The molecule has 0 spiro atoms. The first-order valence-corrected chi connectivity index (χ1v) is 5.85. The van der Waals surface area contributed by atoms with Gasteiger partial charge in [0.2, 0.25) is 0 Å². The molecule has 2 rings (SSSR count). The molecule has 0 atom stereocenters. The van der Waals surface area contributed by atoms with Crippen LogP contribution >= 0.6 is 0 Å². The lowest BCUT2D eigenvalue weighted by atomic mass is 10.1. The van der Waals surface area contributed by atoms with Crippen molar-refractivity contribution in [3.05, 3.63) is 35.4 Å². The second-order valence-electron chi connectivity index (χ2n) is 3.84. The summed E-state index contributed by atoms with van der Waals surface area (Å²) in [6.07, 6.45) is 1.13. The summed E-state index contributed by atoms with van der Waals surface area (Å²) in [5.41, 5.74) is 2.38. The SMILES string of the molecule is CCOCc1ccc(C2=NCCCN2)cc1. The minimum absolute atomic E-state index is 0.691. The van der Waals surface area contributed by atoms with E-state index in [4.69, 9.17) is 4.74 Å². The zero-order chi connectivity index (χ0) is 11.2. The molecule has 0 radical (unpaired) electrons. The van der Waals surface area contributed by atoms with Crippen molar-refractivity contribution < 1.29 is 4.74 Å². The van der Waals surface area contributed by atoms with Gasteiger partial charge < -0.3 is 10.1 Å². The summed E-state index contributed by atoms with van der Waals surface area (Å²) in [6.45, 7) is 5.42. The number of benzene rings is 1. The number of hydrogen-bond donors (Lipinski definition) is 1. The fraction of sp³-hybridized carbons (Fsp3) is 0.462. The van der Waals surface area contributed by atoms with Crippen molar-refractivity contribution in [3.63, 3.8) is 0 Å². The molecule has 86 valence electrons. The molecule has 3 heteroatoms. The smallest absolute Gasteiger partial charge is 0.128 e. The molecule has 0 saturated carbocycles. The molecule has 0 saturated heterocycles. The molecule has 1 aromatic rings. The molecule has 0 unspecified atom stereocenters. The first-order chi connectivity index (χ1) is 7.90. The molecule has 0 amide bonds. The van der Waals surface area contributed by atoms with Crippen LogP contribution in [0.5, 0.6) is 0 Å². The van der Waals surface area contributed by atoms with Crippen molar-refractivity contribution in [2.75, 3.05) is 19.7 Å². The van der Waals surface area contributed by atoms with Crippen molar-refractivity contribution in [1.82, 2.24) is 5.32 Å². The van der Waals surface area contributed by atoms with Gasteiger partial charge in [-0.25, -0.2) is 0 Å². The summed E-state index contributed by atoms with van der Waals surface area (Å²) in [6, 6.07) is 8.41. The van der Waals surface area contributed by atoms with Crippen molar-refractivity contribution >= 4 is 5.84 Å². The molecule has 1 heterocycles. The zero-order valence-corrected chi connectivity index (χ0v) is 9.70. The van der Waals surface area contributed by atoms with E-state index >= 15 is 0 Å². The summed E-state index contributed by atoms with van der Waals surface area (Å²) in [7, 11) is 0. The standard InChI is InChI=1S/C13H18N2O/c1-2-16-10-11-4-6-12(7-5-11)13-14-8-3-9-15-13/h4-7H,2-3,8-10H2,1H3,(H,14,15). The monoisotopic (exact) mass is 218 g/mol. The Morgan fingerprint density at radius 2 is 2.12 bits per heavy atom. The molecule has 16 heavy (non-hydrogen) atoms. The van der Waals surface area contributed by atoms with Gasteiger partial charge in [-0.15, -0.1) is 0 Å². The number of aliphatic imine (C=N–C) groups is 1. The van der Waals surface area contributed by atoms with Gasteiger partial charge in [-0.2, -0.15) is 0 Å². The van der Waals surface area contributed by atoms with E-state index in [0.29, 0.717) is 6.61 Å². The average Bonchev–Trinajstić information content (AvgIpc) is 2.38. The predicted molar refractivity (Wildman–Crippen MR) is 65.8 cm³/mol. The first kappa shape index (κ1) is 11.1. The van der Waals surface area contributed by atoms with E-state index in [9.17, 15) is 0 Å². The van der Waals surface area contributed by atoms with Gasteiger partial charge in [-0.05, 0) is 18.9 Å². The van der Waals surface area contributed by atoms with Crippen molar-refractivity contribution in [1.29, 1.82) is 0 Å². The minimum atomic E-state index is 0.691. The molecule has 0 aliphatic carbocycles. The number of hydrogen-bond acceptors (Lipinski definition) is 3. The van der Waals surface area contributed by atoms with Crippen LogP contribution in [-0.2, 0) is 11.3 Å². The van der Waals surface area contributed by atoms with E-state index in [2.05, 4.69) is 34.6 Å². The van der Waals surface area contributed by atoms with Gasteiger partial charge in [0, 0.05) is 25.3 Å². The summed E-state index contributed by atoms with van der Waals surface area (Å²) in [5, 5.41) is 3.32. The largest absolute Gasteiger partial charge is 0.377 e. The summed E-state index contributed by atoms with van der Waals surface area (Å²) < 4.78 is 5.36. The fourth-order valence-electron chi connectivity index (χ4n) is 1.70. The maximum Gasteiger partial charge on any atom is 0.128 e. The van der Waals surface area contributed by atoms with Crippen molar-refractivity contribution in [2.45, 2.75) is 20.0 Å². The third-order valence-corrected chi connectivity index (χ3v) is 2.60. The lowest BCUT2D eigenvalue weighted by molar-refractivity contribution is 0.134. The van der Waals surface area contributed by atoms with Gasteiger partial charge in [0.05, 0.1) is 6.61 Å². The molecule has 3 nitrogen and oxygen atoms in total. The molecule has 0 fully saturated rings. The molecule has 0 aromatic heterocycles. The topological polar surface area (TPSA) is 33.6 Å². The van der Waals surface area contributed by atoms with Crippen molar-refractivity contribution in [3.8, 4) is 0 Å². The lowest BCUT2D eigenvalue weighted by Gasteiger charge is -2.14. The van der Waals surface area contributed by atoms with Crippen LogP contribution in [0.4, 0.5) is 0 Å². The van der Waals surface area contributed by atoms with E-state index in [1.54, 1.807) is 0 Å². The Labute approximate surface area is 96.5 Å². The number of nitrogens with zero attached hydrogens (tertiary/aromatic N) is 1. The average molecular weight is 218 g/mol. The quantitative estimate of drug-likeness (QED) is 0.838. The molecule has 1 aliphatic heterocycles. The van der Waals surface area contributed by atoms with Gasteiger partial charge in [-0.1, -0.05) is 24.3 Å². The number of amidine groups is 1. The van der Waals surface area contributed by atoms with Crippen molar-refractivity contribution in [2.24, 2.45) is 4.99 Å². The highest BCUT2D eigenvalue weighted by molar-refractivity contribution is 5.99. The molecular formula is C13H18N2O. The Hall–Kier alpha value is -1.35. The maximum absolute atomic E-state index is 5.36. The summed E-state index contributed by atoms with van der Waals surface area (Å²) in [4.78, 5) is 4.47.